The van der Waals surface area contributed by atoms with Gasteiger partial charge >= 0.3 is 0 Å². The highest BCUT2D eigenvalue weighted by atomic mass is 15.0. The lowest BCUT2D eigenvalue weighted by Gasteiger charge is -2.30. The van der Waals surface area contributed by atoms with Gasteiger partial charge in [0.05, 0.1) is 27.8 Å². The summed E-state index contributed by atoms with van der Waals surface area (Å²) in [6.07, 6.45) is 1.94. The summed E-state index contributed by atoms with van der Waals surface area (Å²) in [7, 11) is 0. The Balaban J connectivity index is 0.000000134. The Morgan fingerprint density at radius 3 is 1.32 bits per heavy atom. The van der Waals surface area contributed by atoms with E-state index in [0.717, 1.165) is 16.9 Å². The van der Waals surface area contributed by atoms with Crippen LogP contribution in [0.3, 0.4) is 0 Å². The zero-order chi connectivity index (χ0) is 54.2. The van der Waals surface area contributed by atoms with Gasteiger partial charge in [-0.1, -0.05) is 207 Å². The van der Waals surface area contributed by atoms with Gasteiger partial charge in [0.25, 0.3) is 0 Å². The van der Waals surface area contributed by atoms with Crippen LogP contribution in [-0.4, -0.2) is 14.1 Å². The minimum Gasteiger partial charge on any atom is -0.309 e. The molecule has 17 rings (SSSR count). The summed E-state index contributed by atoms with van der Waals surface area (Å²) in [4.78, 5) is 4.74. The van der Waals surface area contributed by atoms with Crippen molar-refractivity contribution in [3.63, 3.8) is 0 Å². The van der Waals surface area contributed by atoms with Crippen molar-refractivity contribution in [3.8, 4) is 67.1 Å². The van der Waals surface area contributed by atoms with Gasteiger partial charge in [0.1, 0.15) is 0 Å². The summed E-state index contributed by atoms with van der Waals surface area (Å²) in [5, 5.41) is 5.22. The maximum Gasteiger partial charge on any atom is 0.0722 e. The van der Waals surface area contributed by atoms with Crippen LogP contribution >= 0.6 is 0 Å². The predicted octanol–water partition coefficient (Wildman–Crippen LogP) is 19.9. The molecule has 0 saturated heterocycles. The second-order valence-electron chi connectivity index (χ2n) is 25.1. The van der Waals surface area contributed by atoms with Crippen LogP contribution in [0.25, 0.3) is 111 Å². The van der Waals surface area contributed by atoms with Crippen molar-refractivity contribution in [2.45, 2.75) is 77.0 Å². The third-order valence-corrected chi connectivity index (χ3v) is 19.4. The molecular formula is C77H61N3. The first-order valence-electron chi connectivity index (χ1n) is 28.5. The van der Waals surface area contributed by atoms with Gasteiger partial charge in [0.2, 0.25) is 0 Å². The van der Waals surface area contributed by atoms with Gasteiger partial charge in [-0.25, -0.2) is 0 Å². The lowest BCUT2D eigenvalue weighted by Crippen LogP contribution is -2.24. The van der Waals surface area contributed by atoms with Crippen molar-refractivity contribution in [1.82, 2.24) is 14.1 Å². The van der Waals surface area contributed by atoms with Gasteiger partial charge in [-0.05, 0) is 156 Å². The predicted molar refractivity (Wildman–Crippen MR) is 335 cm³/mol. The number of para-hydroxylation sites is 3. The summed E-state index contributed by atoms with van der Waals surface area (Å²) in [6, 6.07) is 80.8. The number of pyridine rings is 1. The zero-order valence-corrected chi connectivity index (χ0v) is 46.7. The number of benzene rings is 10. The third kappa shape index (κ3) is 6.24. The quantitative estimate of drug-likeness (QED) is 0.173. The van der Waals surface area contributed by atoms with E-state index in [9.17, 15) is 0 Å². The van der Waals surface area contributed by atoms with E-state index in [1.165, 1.54) is 138 Å². The fraction of sp³-hybridized carbons (Fsp3) is 0.156. The first kappa shape index (κ1) is 47.0. The van der Waals surface area contributed by atoms with Gasteiger partial charge in [-0.2, -0.15) is 0 Å². The van der Waals surface area contributed by atoms with E-state index >= 15 is 0 Å². The molecule has 0 bridgehead atoms. The Hall–Kier alpha value is -9.05. The molecular weight excluding hydrogens is 967 g/mol. The lowest BCUT2D eigenvalue weighted by molar-refractivity contribution is 0.601. The Labute approximate surface area is 468 Å². The van der Waals surface area contributed by atoms with E-state index in [1.807, 2.05) is 6.20 Å². The van der Waals surface area contributed by atoms with Crippen molar-refractivity contribution in [2.75, 3.05) is 0 Å². The molecule has 0 fully saturated rings. The number of rotatable bonds is 3. The van der Waals surface area contributed by atoms with E-state index in [1.54, 1.807) is 0 Å². The highest BCUT2D eigenvalue weighted by Crippen LogP contribution is 2.61. The van der Waals surface area contributed by atoms with Crippen LogP contribution in [0.4, 0.5) is 0 Å². The van der Waals surface area contributed by atoms with Crippen LogP contribution in [0.1, 0.15) is 99.9 Å². The summed E-state index contributed by atoms with van der Waals surface area (Å²) in [6.45, 7) is 19.2. The van der Waals surface area contributed by atoms with Crippen LogP contribution in [-0.2, 0) is 21.7 Å². The van der Waals surface area contributed by atoms with Gasteiger partial charge in [-0.3, -0.25) is 4.98 Å². The van der Waals surface area contributed by atoms with Crippen LogP contribution in [0, 0.1) is 0 Å². The smallest absolute Gasteiger partial charge is 0.0722 e. The maximum absolute atomic E-state index is 4.74. The summed E-state index contributed by atoms with van der Waals surface area (Å²) in [5.74, 6) is 0. The molecule has 4 aliphatic rings. The SMILES string of the molecule is CC1(C)c2ccccc2-c2cc3c(cc21)C(C)(C)c1cc2c4ccccc4n(-c4ccnc(-c5ccccc5)c4)c2cc1-3.CC1(C)c2ccccc2-c2ccc3c(c21)C(C)(C)c1cc2c4ccccc4n(-c4ccccc4)c2cc1-3. The van der Waals surface area contributed by atoms with E-state index in [2.05, 4.69) is 283 Å². The van der Waals surface area contributed by atoms with Crippen molar-refractivity contribution in [2.24, 2.45) is 0 Å². The topological polar surface area (TPSA) is 22.8 Å². The molecule has 3 nitrogen and oxygen atoms in total. The molecule has 4 aliphatic carbocycles. The molecule has 10 aromatic carbocycles. The van der Waals surface area contributed by atoms with Crippen molar-refractivity contribution in [3.05, 3.63) is 269 Å². The molecule has 0 aliphatic heterocycles. The first-order valence-corrected chi connectivity index (χ1v) is 28.5. The maximum atomic E-state index is 4.74. The van der Waals surface area contributed by atoms with Gasteiger partial charge in [-0.15, -0.1) is 0 Å². The summed E-state index contributed by atoms with van der Waals surface area (Å²) < 4.78 is 4.86. The normalized spacial score (nSPS) is 15.7. The number of fused-ring (bicyclic) bond motifs is 19. The van der Waals surface area contributed by atoms with Crippen molar-refractivity contribution in [1.29, 1.82) is 0 Å². The summed E-state index contributed by atoms with van der Waals surface area (Å²) in [5.41, 5.74) is 31.8. The van der Waals surface area contributed by atoms with Crippen molar-refractivity contribution < 1.29 is 0 Å². The standard InChI is InChI=1S/C41H32N2.C36H29N/c1-40(2)33-16-10-8-14-27(33)29-21-30-31-23-39-32(22-34(31)41(3,4)36(30)24-35(29)40)28-15-9-11-17-38(28)43(39)26-18-19-42-37(20-26)25-12-6-5-7-13-25;1-35(2)29-16-10-8-14-23(29)25-18-19-26-27-21-32-28(20-30(27)36(3,4)34(26)33(25)35)24-15-9-11-17-31(24)37(32)22-12-6-5-7-13-22/h5-24H,1-4H3;5-21H,1-4H3. The average Bonchev–Trinajstić information content (AvgIpc) is 4.39. The van der Waals surface area contributed by atoms with Gasteiger partial charge in [0, 0.05) is 66.3 Å². The molecule has 0 N–H and O–H groups in total. The highest BCUT2D eigenvalue weighted by molar-refractivity contribution is 6.13. The Morgan fingerprint density at radius 1 is 0.275 bits per heavy atom. The van der Waals surface area contributed by atoms with Crippen LogP contribution in [0.5, 0.6) is 0 Å². The average molecular weight is 1030 g/mol. The molecule has 0 spiro atoms. The molecule has 0 atom stereocenters. The van der Waals surface area contributed by atoms with E-state index in [0.29, 0.717) is 0 Å². The Bertz CT molecular complexity index is 4810. The number of hydrogen-bond donors (Lipinski definition) is 0. The van der Waals surface area contributed by atoms with Crippen LogP contribution in [0.2, 0.25) is 0 Å². The van der Waals surface area contributed by atoms with Crippen LogP contribution < -0.4 is 0 Å². The first-order chi connectivity index (χ1) is 38.7. The highest BCUT2D eigenvalue weighted by Gasteiger charge is 2.46. The zero-order valence-electron chi connectivity index (χ0n) is 46.7. The molecule has 3 heteroatoms. The third-order valence-electron chi connectivity index (χ3n) is 19.4. The van der Waals surface area contributed by atoms with E-state index in [-0.39, 0.29) is 21.7 Å². The second kappa shape index (κ2) is 16.3. The van der Waals surface area contributed by atoms with E-state index < -0.39 is 0 Å². The number of aromatic nitrogens is 3. The molecule has 0 radical (unpaired) electrons. The summed E-state index contributed by atoms with van der Waals surface area (Å²) >= 11 is 0. The molecule has 3 aromatic heterocycles. The minimum atomic E-state index is -0.0981. The number of hydrogen-bond acceptors (Lipinski definition) is 1. The largest absolute Gasteiger partial charge is 0.309 e. The molecule has 0 unspecified atom stereocenters. The molecule has 3 heterocycles. The fourth-order valence-corrected chi connectivity index (χ4v) is 15.5. The van der Waals surface area contributed by atoms with Crippen LogP contribution in [0.15, 0.2) is 225 Å². The molecule has 0 saturated carbocycles. The Kier molecular flexibility index (Phi) is 9.56. The van der Waals surface area contributed by atoms with Crippen molar-refractivity contribution >= 4 is 43.6 Å². The molecule has 80 heavy (non-hydrogen) atoms. The number of nitrogens with zero attached hydrogens (tertiary/aromatic N) is 3. The second-order valence-corrected chi connectivity index (χ2v) is 25.1. The fourth-order valence-electron chi connectivity index (χ4n) is 15.5. The molecule has 384 valence electrons. The van der Waals surface area contributed by atoms with Gasteiger partial charge in [0.15, 0.2) is 0 Å². The lowest BCUT2D eigenvalue weighted by atomic mass is 9.72. The molecule has 13 aromatic rings. The van der Waals surface area contributed by atoms with E-state index in [4.69, 9.17) is 4.98 Å². The Morgan fingerprint density at radius 2 is 0.700 bits per heavy atom. The monoisotopic (exact) mass is 1030 g/mol. The molecule has 0 amide bonds. The minimum absolute atomic E-state index is 0.0128. The van der Waals surface area contributed by atoms with Gasteiger partial charge < -0.3 is 9.13 Å².